The van der Waals surface area contributed by atoms with E-state index in [9.17, 15) is 0 Å². The Bertz CT molecular complexity index is 241. The van der Waals surface area contributed by atoms with Crippen molar-refractivity contribution in [2.75, 3.05) is 13.6 Å². The highest BCUT2D eigenvalue weighted by atomic mass is 16.4. The molecule has 0 spiro atoms. The van der Waals surface area contributed by atoms with Crippen LogP contribution in [0.3, 0.4) is 0 Å². The lowest BCUT2D eigenvalue weighted by molar-refractivity contribution is -0.159. The molecular weight excluding hydrogens is 210 g/mol. The van der Waals surface area contributed by atoms with Gasteiger partial charge in [-0.15, -0.1) is 6.42 Å². The van der Waals surface area contributed by atoms with Crippen LogP contribution in [-0.2, 0) is 9.59 Å². The third-order valence-corrected chi connectivity index (χ3v) is 2.09. The van der Waals surface area contributed by atoms with E-state index >= 15 is 0 Å². The first-order valence-electron chi connectivity index (χ1n) is 5.00. The number of rotatable bonds is 4. The van der Waals surface area contributed by atoms with Crippen LogP contribution in [0.2, 0.25) is 0 Å². The third-order valence-electron chi connectivity index (χ3n) is 2.09. The van der Waals surface area contributed by atoms with Gasteiger partial charge in [-0.1, -0.05) is 19.8 Å². The van der Waals surface area contributed by atoms with Crippen molar-refractivity contribution in [3.8, 4) is 12.3 Å². The van der Waals surface area contributed by atoms with Gasteiger partial charge in [0.2, 0.25) is 0 Å². The van der Waals surface area contributed by atoms with Crippen molar-refractivity contribution in [1.29, 1.82) is 0 Å². The van der Waals surface area contributed by atoms with Crippen LogP contribution < -0.4 is 0 Å². The molecule has 92 valence electrons. The number of nitrogens with zero attached hydrogens (tertiary/aromatic N) is 1. The Morgan fingerprint density at radius 3 is 1.81 bits per heavy atom. The Balaban J connectivity index is 0. The van der Waals surface area contributed by atoms with Crippen LogP contribution in [-0.4, -0.2) is 46.7 Å². The van der Waals surface area contributed by atoms with Crippen LogP contribution in [0.1, 0.15) is 26.7 Å². The van der Waals surface area contributed by atoms with Crippen LogP contribution >= 0.6 is 0 Å². The lowest BCUT2D eigenvalue weighted by Gasteiger charge is -2.23. The van der Waals surface area contributed by atoms with Gasteiger partial charge in [0.15, 0.2) is 0 Å². The zero-order valence-electron chi connectivity index (χ0n) is 9.93. The summed E-state index contributed by atoms with van der Waals surface area (Å²) in [5.41, 5.74) is 0. The van der Waals surface area contributed by atoms with Crippen LogP contribution in [0.5, 0.6) is 0 Å². The first kappa shape index (κ1) is 16.9. The van der Waals surface area contributed by atoms with Crippen LogP contribution in [0.15, 0.2) is 0 Å². The van der Waals surface area contributed by atoms with Gasteiger partial charge >= 0.3 is 11.9 Å². The summed E-state index contributed by atoms with van der Waals surface area (Å²) < 4.78 is 0. The Morgan fingerprint density at radius 1 is 1.25 bits per heavy atom. The fraction of sp³-hybridized carbons (Fsp3) is 0.636. The predicted molar refractivity (Wildman–Crippen MR) is 61.1 cm³/mol. The Hall–Kier alpha value is -1.54. The normalized spacial score (nSPS) is 9.25. The zero-order chi connectivity index (χ0) is 13.1. The molecule has 0 fully saturated rings. The van der Waals surface area contributed by atoms with E-state index < -0.39 is 11.9 Å². The van der Waals surface area contributed by atoms with E-state index in [1.54, 1.807) is 0 Å². The van der Waals surface area contributed by atoms with E-state index in [4.69, 9.17) is 26.2 Å². The number of hydrogen-bond donors (Lipinski definition) is 2. The molecule has 5 nitrogen and oxygen atoms in total. The molecule has 0 aromatic carbocycles. The fourth-order valence-corrected chi connectivity index (χ4v) is 1.19. The minimum absolute atomic E-state index is 0.663. The number of aliphatic carboxylic acids is 2. The van der Waals surface area contributed by atoms with Gasteiger partial charge in [0.1, 0.15) is 0 Å². The first-order chi connectivity index (χ1) is 7.40. The molecule has 0 amide bonds. The van der Waals surface area contributed by atoms with E-state index in [0.29, 0.717) is 6.04 Å². The molecule has 0 saturated carbocycles. The standard InChI is InChI=1S/C9H17N.C2H2O4/c1-5-8-10(4)9(6-2)7-3;3-1(4)2(5)6/h1,9H,6-8H2,2-4H3;(H,3,4)(H,5,6). The summed E-state index contributed by atoms with van der Waals surface area (Å²) in [7, 11) is 2.08. The fourth-order valence-electron chi connectivity index (χ4n) is 1.19. The van der Waals surface area contributed by atoms with Crippen molar-refractivity contribution >= 4 is 11.9 Å². The van der Waals surface area contributed by atoms with E-state index in [1.165, 1.54) is 12.8 Å². The lowest BCUT2D eigenvalue weighted by Crippen LogP contribution is -2.30. The first-order valence-corrected chi connectivity index (χ1v) is 5.00. The number of hydrogen-bond acceptors (Lipinski definition) is 3. The van der Waals surface area contributed by atoms with E-state index in [-0.39, 0.29) is 0 Å². The molecule has 5 heteroatoms. The lowest BCUT2D eigenvalue weighted by atomic mass is 10.1. The van der Waals surface area contributed by atoms with Crippen molar-refractivity contribution in [3.63, 3.8) is 0 Å². The van der Waals surface area contributed by atoms with Gasteiger partial charge in [0, 0.05) is 6.04 Å². The molecule has 0 aromatic heterocycles. The molecular formula is C11H19NO4. The molecule has 0 aliphatic rings. The summed E-state index contributed by atoms with van der Waals surface area (Å²) in [6.45, 7) is 5.16. The summed E-state index contributed by atoms with van der Waals surface area (Å²) in [4.78, 5) is 20.4. The highest BCUT2D eigenvalue weighted by molar-refractivity contribution is 6.27. The second-order valence-electron chi connectivity index (χ2n) is 3.20. The monoisotopic (exact) mass is 229 g/mol. The van der Waals surface area contributed by atoms with Gasteiger partial charge in [-0.25, -0.2) is 9.59 Å². The van der Waals surface area contributed by atoms with Gasteiger partial charge in [-0.2, -0.15) is 0 Å². The van der Waals surface area contributed by atoms with Gasteiger partial charge in [0.05, 0.1) is 6.54 Å². The smallest absolute Gasteiger partial charge is 0.414 e. The highest BCUT2D eigenvalue weighted by Gasteiger charge is 2.07. The molecule has 0 bridgehead atoms. The Morgan fingerprint density at radius 2 is 1.62 bits per heavy atom. The summed E-state index contributed by atoms with van der Waals surface area (Å²) >= 11 is 0. The minimum atomic E-state index is -1.82. The summed E-state index contributed by atoms with van der Waals surface area (Å²) in [5, 5.41) is 14.8. The maximum atomic E-state index is 9.10. The summed E-state index contributed by atoms with van der Waals surface area (Å²) in [6, 6.07) is 0.663. The molecule has 0 aliphatic carbocycles. The Labute approximate surface area is 96.1 Å². The average molecular weight is 229 g/mol. The van der Waals surface area contributed by atoms with E-state index in [0.717, 1.165) is 6.54 Å². The average Bonchev–Trinajstić information content (AvgIpc) is 2.20. The molecule has 16 heavy (non-hydrogen) atoms. The molecule has 2 N–H and O–H groups in total. The van der Waals surface area contributed by atoms with Crippen LogP contribution in [0.4, 0.5) is 0 Å². The van der Waals surface area contributed by atoms with Gasteiger partial charge in [-0.05, 0) is 19.9 Å². The number of terminal acetylenes is 1. The number of carbonyl (C=O) groups is 2. The maximum absolute atomic E-state index is 9.10. The SMILES string of the molecule is C#CCN(C)C(CC)CC.O=C(O)C(=O)O. The number of carboxylic acid groups (broad SMARTS) is 2. The topological polar surface area (TPSA) is 77.8 Å². The molecule has 0 saturated heterocycles. The quantitative estimate of drug-likeness (QED) is 0.553. The van der Waals surface area contributed by atoms with Crippen molar-refractivity contribution < 1.29 is 19.8 Å². The second kappa shape index (κ2) is 9.99. The molecule has 0 aromatic rings. The van der Waals surface area contributed by atoms with Gasteiger partial charge in [0.25, 0.3) is 0 Å². The predicted octanol–water partition coefficient (Wildman–Crippen LogP) is 0.896. The van der Waals surface area contributed by atoms with Crippen molar-refractivity contribution in [2.45, 2.75) is 32.7 Å². The largest absolute Gasteiger partial charge is 0.473 e. The summed E-state index contributed by atoms with van der Waals surface area (Å²) in [5.74, 6) is -1.01. The van der Waals surface area contributed by atoms with Crippen LogP contribution in [0.25, 0.3) is 0 Å². The van der Waals surface area contributed by atoms with Crippen molar-refractivity contribution in [2.24, 2.45) is 0 Å². The van der Waals surface area contributed by atoms with E-state index in [1.807, 2.05) is 0 Å². The maximum Gasteiger partial charge on any atom is 0.414 e. The summed E-state index contributed by atoms with van der Waals surface area (Å²) in [6.07, 6.45) is 7.56. The van der Waals surface area contributed by atoms with Crippen molar-refractivity contribution in [1.82, 2.24) is 4.90 Å². The third kappa shape index (κ3) is 9.03. The molecule has 0 unspecified atom stereocenters. The molecule has 0 aliphatic heterocycles. The van der Waals surface area contributed by atoms with Crippen LogP contribution in [0, 0.1) is 12.3 Å². The zero-order valence-corrected chi connectivity index (χ0v) is 9.93. The second-order valence-corrected chi connectivity index (χ2v) is 3.20. The van der Waals surface area contributed by atoms with E-state index in [2.05, 4.69) is 31.7 Å². The highest BCUT2D eigenvalue weighted by Crippen LogP contribution is 2.04. The van der Waals surface area contributed by atoms with Crippen molar-refractivity contribution in [3.05, 3.63) is 0 Å². The molecule has 0 atom stereocenters. The molecule has 0 rings (SSSR count). The minimum Gasteiger partial charge on any atom is -0.473 e. The van der Waals surface area contributed by atoms with Gasteiger partial charge < -0.3 is 10.2 Å². The molecule has 0 radical (unpaired) electrons. The number of carboxylic acids is 2. The molecule has 0 heterocycles. The Kier molecular flexibility index (Phi) is 10.5. The van der Waals surface area contributed by atoms with Gasteiger partial charge in [-0.3, -0.25) is 4.90 Å².